The van der Waals surface area contributed by atoms with Crippen LogP contribution in [0.1, 0.15) is 71.5 Å². The maximum absolute atomic E-state index is 13.4. The predicted molar refractivity (Wildman–Crippen MR) is 167 cm³/mol. The van der Waals surface area contributed by atoms with E-state index in [1.807, 2.05) is 55.5 Å². The summed E-state index contributed by atoms with van der Waals surface area (Å²) in [5.41, 5.74) is 5.94. The van der Waals surface area contributed by atoms with E-state index in [1.54, 1.807) is 30.5 Å². The van der Waals surface area contributed by atoms with Crippen molar-refractivity contribution in [3.8, 4) is 0 Å². The minimum Gasteiger partial charge on any atom is -0.463 e. The summed E-state index contributed by atoms with van der Waals surface area (Å²) in [6.45, 7) is 5.28. The zero-order valence-corrected chi connectivity index (χ0v) is 23.9. The Hall–Kier alpha value is -4.62. The number of fused-ring (bicyclic) bond motifs is 1. The monoisotopic (exact) mass is 560 g/mol. The van der Waals surface area contributed by atoms with Gasteiger partial charge in [0.1, 0.15) is 0 Å². The first-order chi connectivity index (χ1) is 20.6. The molecule has 1 atom stereocenters. The van der Waals surface area contributed by atoms with Crippen molar-refractivity contribution < 1.29 is 14.0 Å². The van der Waals surface area contributed by atoms with Gasteiger partial charge in [0.25, 0.3) is 11.8 Å². The zero-order valence-electron chi connectivity index (χ0n) is 23.9. The molecule has 3 N–H and O–H groups in total. The molecule has 7 nitrogen and oxygen atoms in total. The molecule has 0 saturated carbocycles. The van der Waals surface area contributed by atoms with E-state index in [2.05, 4.69) is 33.0 Å². The van der Waals surface area contributed by atoms with Crippen molar-refractivity contribution >= 4 is 34.5 Å². The van der Waals surface area contributed by atoms with Crippen LogP contribution in [-0.4, -0.2) is 29.8 Å². The number of anilines is 2. The third-order valence-electron chi connectivity index (χ3n) is 8.04. The molecule has 1 saturated heterocycles. The Labute approximate surface area is 246 Å². The third-order valence-corrected chi connectivity index (χ3v) is 8.04. The van der Waals surface area contributed by atoms with Crippen LogP contribution in [0.25, 0.3) is 11.3 Å². The maximum atomic E-state index is 13.4. The smallest absolute Gasteiger partial charge is 0.258 e. The first-order valence-electron chi connectivity index (χ1n) is 14.8. The molecule has 0 unspecified atom stereocenters. The number of furan rings is 1. The number of carbonyl (C=O) groups is 2. The predicted octanol–water partition coefficient (Wildman–Crippen LogP) is 7.08. The standard InChI is InChI=1S/C35H36N4O3/c1-2-29(25-10-5-3-6-11-25)37-34(40)26-15-18-30-28(22-26)32(35(41)38-30)33(31-12-9-21-42-31)36-27-16-13-24(14-17-27)23-39-19-7-4-8-20-39/h3,5-6,9-18,21-22,29,36H,2,4,7-8,19-20,23H2,1H3,(H,37,40)(H,38,41)/t29-/m1/s1. The molecule has 3 aromatic carbocycles. The largest absolute Gasteiger partial charge is 0.463 e. The van der Waals surface area contributed by atoms with E-state index in [9.17, 15) is 9.59 Å². The fraction of sp³-hybridized carbons (Fsp3) is 0.257. The third kappa shape index (κ3) is 6.02. The second-order valence-electron chi connectivity index (χ2n) is 10.9. The van der Waals surface area contributed by atoms with Crippen LogP contribution >= 0.6 is 0 Å². The Morgan fingerprint density at radius 1 is 0.952 bits per heavy atom. The maximum Gasteiger partial charge on any atom is 0.258 e. The van der Waals surface area contributed by atoms with Gasteiger partial charge in [0, 0.05) is 29.0 Å². The first-order valence-corrected chi connectivity index (χ1v) is 14.8. The molecule has 6 rings (SSSR count). The molecule has 42 heavy (non-hydrogen) atoms. The minimum absolute atomic E-state index is 0.111. The number of nitrogens with zero attached hydrogens (tertiary/aromatic N) is 1. The molecule has 0 radical (unpaired) electrons. The molecule has 1 aromatic heterocycles. The van der Waals surface area contributed by atoms with E-state index in [4.69, 9.17) is 4.42 Å². The van der Waals surface area contributed by atoms with E-state index in [0.29, 0.717) is 33.8 Å². The van der Waals surface area contributed by atoms with Crippen molar-refractivity contribution in [2.75, 3.05) is 23.7 Å². The van der Waals surface area contributed by atoms with Crippen molar-refractivity contribution in [1.82, 2.24) is 10.2 Å². The first kappa shape index (κ1) is 27.5. The molecule has 7 heteroatoms. The highest BCUT2D eigenvalue weighted by Gasteiger charge is 2.30. The lowest BCUT2D eigenvalue weighted by Gasteiger charge is -2.26. The van der Waals surface area contributed by atoms with Gasteiger partial charge in [-0.1, -0.05) is 55.8 Å². The van der Waals surface area contributed by atoms with E-state index in [0.717, 1.165) is 37.3 Å². The number of rotatable bonds is 9. The van der Waals surface area contributed by atoms with Crippen LogP contribution in [-0.2, 0) is 11.3 Å². The highest BCUT2D eigenvalue weighted by molar-refractivity contribution is 6.37. The zero-order chi connectivity index (χ0) is 28.9. The summed E-state index contributed by atoms with van der Waals surface area (Å²) < 4.78 is 5.78. The van der Waals surface area contributed by atoms with Gasteiger partial charge in [0.2, 0.25) is 0 Å². The topological polar surface area (TPSA) is 86.6 Å². The molecule has 2 aliphatic rings. The van der Waals surface area contributed by atoms with Gasteiger partial charge in [-0.3, -0.25) is 14.5 Å². The summed E-state index contributed by atoms with van der Waals surface area (Å²) in [5.74, 6) is 0.0956. The number of piperidine rings is 1. The second-order valence-corrected chi connectivity index (χ2v) is 10.9. The Morgan fingerprint density at radius 2 is 1.74 bits per heavy atom. The van der Waals surface area contributed by atoms with E-state index in [1.165, 1.54) is 24.8 Å². The van der Waals surface area contributed by atoms with Gasteiger partial charge in [0.05, 0.1) is 23.6 Å². The van der Waals surface area contributed by atoms with Crippen LogP contribution in [0.15, 0.2) is 95.6 Å². The van der Waals surface area contributed by atoms with Crippen molar-refractivity contribution in [2.45, 2.75) is 45.2 Å². The van der Waals surface area contributed by atoms with Gasteiger partial charge in [-0.05, 0) is 85.9 Å². The van der Waals surface area contributed by atoms with Gasteiger partial charge in [-0.25, -0.2) is 0 Å². The van der Waals surface area contributed by atoms with Crippen LogP contribution < -0.4 is 16.0 Å². The highest BCUT2D eigenvalue weighted by atomic mass is 16.3. The number of nitrogens with one attached hydrogen (secondary N) is 3. The van der Waals surface area contributed by atoms with Crippen molar-refractivity contribution in [3.63, 3.8) is 0 Å². The summed E-state index contributed by atoms with van der Waals surface area (Å²) in [6.07, 6.45) is 6.19. The molecule has 214 valence electrons. The number of amides is 2. The Kier molecular flexibility index (Phi) is 8.19. The molecule has 0 spiro atoms. The Bertz CT molecular complexity index is 1570. The highest BCUT2D eigenvalue weighted by Crippen LogP contribution is 2.38. The summed E-state index contributed by atoms with van der Waals surface area (Å²) in [4.78, 5) is 29.2. The van der Waals surface area contributed by atoms with Crippen molar-refractivity contribution in [2.24, 2.45) is 0 Å². The molecule has 3 heterocycles. The molecule has 0 aliphatic carbocycles. The number of carbonyl (C=O) groups excluding carboxylic acids is 2. The molecule has 2 amide bonds. The Morgan fingerprint density at radius 3 is 2.45 bits per heavy atom. The lowest BCUT2D eigenvalue weighted by atomic mass is 9.99. The fourth-order valence-corrected chi connectivity index (χ4v) is 5.79. The number of benzene rings is 3. The lowest BCUT2D eigenvalue weighted by molar-refractivity contribution is -0.110. The van der Waals surface area contributed by atoms with E-state index < -0.39 is 0 Å². The summed E-state index contributed by atoms with van der Waals surface area (Å²) in [7, 11) is 0. The second kappa shape index (κ2) is 12.5. The van der Waals surface area contributed by atoms with Crippen molar-refractivity contribution in [3.05, 3.63) is 119 Å². The van der Waals surface area contributed by atoms with Crippen LogP contribution in [0.4, 0.5) is 11.4 Å². The average molecular weight is 561 g/mol. The summed E-state index contributed by atoms with van der Waals surface area (Å²) >= 11 is 0. The van der Waals surface area contributed by atoms with Gasteiger partial charge in [0.15, 0.2) is 5.76 Å². The van der Waals surface area contributed by atoms with Gasteiger partial charge < -0.3 is 20.4 Å². The number of hydrogen-bond acceptors (Lipinski definition) is 5. The van der Waals surface area contributed by atoms with Crippen LogP contribution in [0.2, 0.25) is 0 Å². The molecular weight excluding hydrogens is 524 g/mol. The van der Waals surface area contributed by atoms with Gasteiger partial charge >= 0.3 is 0 Å². The number of likely N-dealkylation sites (tertiary alicyclic amines) is 1. The molecular formula is C35H36N4O3. The van der Waals surface area contributed by atoms with Gasteiger partial charge in [-0.15, -0.1) is 0 Å². The number of hydrogen-bond donors (Lipinski definition) is 3. The molecule has 0 bridgehead atoms. The fourth-order valence-electron chi connectivity index (χ4n) is 5.79. The van der Waals surface area contributed by atoms with Crippen LogP contribution in [0.5, 0.6) is 0 Å². The molecule has 1 fully saturated rings. The summed E-state index contributed by atoms with van der Waals surface area (Å²) in [5, 5.41) is 9.56. The van der Waals surface area contributed by atoms with E-state index >= 15 is 0 Å². The lowest BCUT2D eigenvalue weighted by Crippen LogP contribution is -2.29. The normalized spacial score (nSPS) is 16.8. The Balaban J connectivity index is 1.29. The van der Waals surface area contributed by atoms with Crippen molar-refractivity contribution in [1.29, 1.82) is 0 Å². The molecule has 2 aliphatic heterocycles. The average Bonchev–Trinajstić information content (AvgIpc) is 3.68. The SMILES string of the molecule is CC[C@@H](NC(=O)c1ccc2c(c1)C(=C(Nc1ccc(CN3CCCCC3)cc1)c1ccco1)C(=O)N2)c1ccccc1. The van der Waals surface area contributed by atoms with E-state index in [-0.39, 0.29) is 17.9 Å². The quantitative estimate of drug-likeness (QED) is 0.191. The van der Waals surface area contributed by atoms with Crippen LogP contribution in [0, 0.1) is 0 Å². The minimum atomic E-state index is -0.251. The molecule has 4 aromatic rings. The van der Waals surface area contributed by atoms with Crippen LogP contribution in [0.3, 0.4) is 0 Å². The van der Waals surface area contributed by atoms with Gasteiger partial charge in [-0.2, -0.15) is 0 Å². The summed E-state index contributed by atoms with van der Waals surface area (Å²) in [6, 6.07) is 27.1.